The summed E-state index contributed by atoms with van der Waals surface area (Å²) in [7, 11) is 1.87. The van der Waals surface area contributed by atoms with Crippen LogP contribution in [-0.2, 0) is 5.54 Å². The molecule has 5 rings (SSSR count). The van der Waals surface area contributed by atoms with E-state index in [0.29, 0.717) is 17.7 Å². The van der Waals surface area contributed by atoms with E-state index in [1.807, 2.05) is 18.9 Å². The highest BCUT2D eigenvalue weighted by atomic mass is 32.2. The number of fused-ring (bicyclic) bond motifs is 2. The predicted molar refractivity (Wildman–Crippen MR) is 119 cm³/mol. The highest BCUT2D eigenvalue weighted by molar-refractivity contribution is 7.96. The summed E-state index contributed by atoms with van der Waals surface area (Å²) in [5, 5.41) is 3.41. The number of piperidine rings is 1. The minimum atomic E-state index is -0.445. The fourth-order valence-corrected chi connectivity index (χ4v) is 7.16. The third-order valence-corrected chi connectivity index (χ3v) is 9.30. The van der Waals surface area contributed by atoms with Crippen molar-refractivity contribution >= 4 is 35.1 Å². The summed E-state index contributed by atoms with van der Waals surface area (Å²) in [6, 6.07) is 0.729. The first-order valence-electron chi connectivity index (χ1n) is 10.4. The zero-order valence-corrected chi connectivity index (χ0v) is 19.3. The number of rotatable bonds is 4. The number of carbonyl (C=O) groups excluding carboxylic acids is 1. The van der Waals surface area contributed by atoms with E-state index in [9.17, 15) is 9.18 Å². The van der Waals surface area contributed by atoms with Gasteiger partial charge in [-0.25, -0.2) is 18.7 Å². The molecule has 3 aliphatic rings. The van der Waals surface area contributed by atoms with E-state index < -0.39 is 5.82 Å². The minimum absolute atomic E-state index is 0.0462. The van der Waals surface area contributed by atoms with Gasteiger partial charge in [-0.2, -0.15) is 0 Å². The lowest BCUT2D eigenvalue weighted by atomic mass is 10.0. The Hall–Kier alpha value is -1.71. The van der Waals surface area contributed by atoms with Gasteiger partial charge in [0, 0.05) is 30.6 Å². The molecule has 30 heavy (non-hydrogen) atoms. The molecule has 1 spiro atoms. The van der Waals surface area contributed by atoms with Gasteiger partial charge in [0.1, 0.15) is 5.69 Å². The quantitative estimate of drug-likeness (QED) is 0.707. The second kappa shape index (κ2) is 7.17. The third-order valence-electron chi connectivity index (χ3n) is 6.80. The van der Waals surface area contributed by atoms with Gasteiger partial charge in [0.2, 0.25) is 5.95 Å². The van der Waals surface area contributed by atoms with Crippen molar-refractivity contribution in [1.29, 1.82) is 0 Å². The summed E-state index contributed by atoms with van der Waals surface area (Å²) in [6.07, 6.45) is 7.30. The maximum absolute atomic E-state index is 14.8. The summed E-state index contributed by atoms with van der Waals surface area (Å²) >= 11 is 3.30. The molecule has 1 aliphatic carbocycles. The van der Waals surface area contributed by atoms with Gasteiger partial charge < -0.3 is 10.2 Å². The Bertz CT molecular complexity index is 1020. The molecule has 2 aromatic rings. The molecule has 2 unspecified atom stereocenters. The van der Waals surface area contributed by atoms with Gasteiger partial charge in [0.05, 0.1) is 22.2 Å². The normalized spacial score (nSPS) is 25.1. The highest BCUT2D eigenvalue weighted by Gasteiger charge is 2.58. The largest absolute Gasteiger partial charge is 0.351 e. The van der Waals surface area contributed by atoms with Crippen LogP contribution in [0, 0.1) is 12.7 Å². The maximum atomic E-state index is 14.8. The number of nitrogens with zero attached hydrogens (tertiary/aromatic N) is 4. The van der Waals surface area contributed by atoms with Crippen LogP contribution in [0.25, 0.3) is 10.6 Å². The standard InChI is InChI=1S/C21H26FN5OS2/c1-11-9-13(5-8-27(11)29-4)24-20-23-10-14(22)16(25-20)17-12(2)15-18(30-17)21(6-7-21)26(3)19(15)28/h10-11,13H,5-9H2,1-4H3,(H,23,24,25). The molecule has 160 valence electrons. The number of anilines is 1. The summed E-state index contributed by atoms with van der Waals surface area (Å²) in [6.45, 7) is 5.13. The van der Waals surface area contributed by atoms with Crippen LogP contribution in [0.3, 0.4) is 0 Å². The van der Waals surface area contributed by atoms with Crippen molar-refractivity contribution in [3.8, 4) is 10.6 Å². The lowest BCUT2D eigenvalue weighted by molar-refractivity contribution is 0.0755. The van der Waals surface area contributed by atoms with Crippen LogP contribution in [-0.4, -0.2) is 57.0 Å². The molecule has 0 radical (unpaired) electrons. The van der Waals surface area contributed by atoms with Gasteiger partial charge in [-0.1, -0.05) is 11.9 Å². The number of hydrogen-bond acceptors (Lipinski definition) is 7. The summed E-state index contributed by atoms with van der Waals surface area (Å²) in [5.41, 5.74) is 1.72. The predicted octanol–water partition coefficient (Wildman–Crippen LogP) is 4.27. The molecule has 1 saturated heterocycles. The van der Waals surface area contributed by atoms with Crippen LogP contribution < -0.4 is 5.32 Å². The summed E-state index contributed by atoms with van der Waals surface area (Å²) < 4.78 is 17.1. The van der Waals surface area contributed by atoms with Gasteiger partial charge in [-0.15, -0.1) is 11.3 Å². The monoisotopic (exact) mass is 447 g/mol. The summed E-state index contributed by atoms with van der Waals surface area (Å²) in [5.74, 6) is 0.0587. The molecule has 1 amide bonds. The Kier molecular flexibility index (Phi) is 4.83. The lowest BCUT2D eigenvalue weighted by Gasteiger charge is -2.36. The molecular weight excluding hydrogens is 421 g/mol. The number of thiophene rings is 1. The fourth-order valence-electron chi connectivity index (χ4n) is 4.85. The Balaban J connectivity index is 1.44. The van der Waals surface area contributed by atoms with Gasteiger partial charge in [-0.05, 0) is 51.3 Å². The number of amides is 1. The zero-order chi connectivity index (χ0) is 21.2. The number of hydrogen-bond donors (Lipinski definition) is 1. The number of nitrogens with one attached hydrogen (secondary N) is 1. The molecule has 0 bridgehead atoms. The number of halogens is 1. The van der Waals surface area contributed by atoms with Crippen molar-refractivity contribution in [2.24, 2.45) is 0 Å². The first-order valence-corrected chi connectivity index (χ1v) is 12.4. The smallest absolute Gasteiger partial charge is 0.255 e. The molecule has 0 aromatic carbocycles. The molecule has 2 aromatic heterocycles. The van der Waals surface area contributed by atoms with Crippen molar-refractivity contribution in [3.05, 3.63) is 28.0 Å². The van der Waals surface area contributed by atoms with E-state index in [1.165, 1.54) is 17.5 Å². The Morgan fingerprint density at radius 2 is 2.17 bits per heavy atom. The highest BCUT2D eigenvalue weighted by Crippen LogP contribution is 2.60. The van der Waals surface area contributed by atoms with E-state index in [2.05, 4.69) is 32.8 Å². The first-order chi connectivity index (χ1) is 14.4. The average molecular weight is 448 g/mol. The van der Waals surface area contributed by atoms with E-state index >= 15 is 0 Å². The van der Waals surface area contributed by atoms with Crippen LogP contribution in [0.5, 0.6) is 0 Å². The molecule has 1 N–H and O–H groups in total. The van der Waals surface area contributed by atoms with Crippen molar-refractivity contribution in [2.45, 2.75) is 57.2 Å². The van der Waals surface area contributed by atoms with Crippen molar-refractivity contribution in [3.63, 3.8) is 0 Å². The Morgan fingerprint density at radius 3 is 2.83 bits per heavy atom. The molecule has 4 heterocycles. The topological polar surface area (TPSA) is 61.4 Å². The average Bonchev–Trinajstić information content (AvgIpc) is 3.42. The van der Waals surface area contributed by atoms with Crippen molar-refractivity contribution in [1.82, 2.24) is 19.2 Å². The molecule has 2 fully saturated rings. The van der Waals surface area contributed by atoms with Crippen LogP contribution in [0.1, 0.15) is 53.4 Å². The maximum Gasteiger partial charge on any atom is 0.255 e. The van der Waals surface area contributed by atoms with Crippen LogP contribution >= 0.6 is 23.3 Å². The van der Waals surface area contributed by atoms with Gasteiger partial charge in [0.25, 0.3) is 5.91 Å². The Morgan fingerprint density at radius 1 is 1.40 bits per heavy atom. The van der Waals surface area contributed by atoms with Crippen LogP contribution in [0.2, 0.25) is 0 Å². The van der Waals surface area contributed by atoms with Crippen LogP contribution in [0.15, 0.2) is 6.20 Å². The van der Waals surface area contributed by atoms with E-state index in [1.54, 1.807) is 11.9 Å². The minimum Gasteiger partial charge on any atom is -0.351 e. The second-order valence-corrected chi connectivity index (χ2v) is 10.4. The fraction of sp³-hybridized carbons (Fsp3) is 0.571. The van der Waals surface area contributed by atoms with E-state index in [0.717, 1.165) is 53.1 Å². The van der Waals surface area contributed by atoms with Crippen molar-refractivity contribution in [2.75, 3.05) is 25.2 Å². The number of aromatic nitrogens is 2. The van der Waals surface area contributed by atoms with Gasteiger partial charge in [0.15, 0.2) is 5.82 Å². The van der Waals surface area contributed by atoms with E-state index in [-0.39, 0.29) is 17.5 Å². The van der Waals surface area contributed by atoms with Gasteiger partial charge in [-0.3, -0.25) is 4.79 Å². The zero-order valence-electron chi connectivity index (χ0n) is 17.7. The Labute approximate surface area is 184 Å². The molecular formula is C21H26FN5OS2. The molecule has 6 nitrogen and oxygen atoms in total. The van der Waals surface area contributed by atoms with E-state index in [4.69, 9.17) is 0 Å². The molecule has 2 aliphatic heterocycles. The third kappa shape index (κ3) is 2.97. The molecule has 9 heteroatoms. The van der Waals surface area contributed by atoms with Crippen LogP contribution in [0.4, 0.5) is 10.3 Å². The lowest BCUT2D eigenvalue weighted by Crippen LogP contribution is -2.41. The second-order valence-electron chi connectivity index (χ2n) is 8.58. The summed E-state index contributed by atoms with van der Waals surface area (Å²) in [4.78, 5) is 25.2. The van der Waals surface area contributed by atoms with Gasteiger partial charge >= 0.3 is 0 Å². The van der Waals surface area contributed by atoms with Crippen molar-refractivity contribution < 1.29 is 9.18 Å². The number of carbonyl (C=O) groups is 1. The first kappa shape index (κ1) is 20.2. The molecule has 1 saturated carbocycles. The molecule has 2 atom stereocenters. The SMILES string of the molecule is CSN1CCC(Nc2ncc(F)c(-c3sc4c(c3C)C(=O)N(C)C43CC3)n2)CC1C.